The number of likely N-dealkylation sites (N-methyl/N-ethyl adjacent to an activating group) is 1. The van der Waals surface area contributed by atoms with Gasteiger partial charge in [0.05, 0.1) is 35.9 Å². The van der Waals surface area contributed by atoms with E-state index in [0.717, 1.165) is 11.1 Å². The Bertz CT molecular complexity index is 799. The minimum absolute atomic E-state index is 0.0447. The van der Waals surface area contributed by atoms with Crippen molar-refractivity contribution in [3.8, 4) is 18.2 Å². The van der Waals surface area contributed by atoms with Crippen LogP contribution in [0.5, 0.6) is 0 Å². The molecular formula is C17H15N5O. The molecule has 0 bridgehead atoms. The topological polar surface area (TPSA) is 114 Å². The largest absolute Gasteiger partial charge is 0.472 e. The second-order valence-electron chi connectivity index (χ2n) is 5.95. The molecule has 0 radical (unpaired) electrons. The SMILES string of the molecule is CN1CC=C2C(C#N)=C(N)C(C#N)(C#N)[C@@H](c3ccoc3)[C@@H]2C1. The lowest BCUT2D eigenvalue weighted by atomic mass is 9.58. The van der Waals surface area contributed by atoms with Crippen molar-refractivity contribution < 1.29 is 4.42 Å². The summed E-state index contributed by atoms with van der Waals surface area (Å²) in [4.78, 5) is 2.09. The fourth-order valence-electron chi connectivity index (χ4n) is 3.65. The van der Waals surface area contributed by atoms with E-state index >= 15 is 0 Å². The number of allylic oxidation sites excluding steroid dienone is 2. The molecule has 1 aromatic heterocycles. The highest BCUT2D eigenvalue weighted by Gasteiger charge is 2.54. The molecule has 0 amide bonds. The average molecular weight is 305 g/mol. The zero-order valence-corrected chi connectivity index (χ0v) is 12.7. The Morgan fingerprint density at radius 3 is 2.65 bits per heavy atom. The number of furan rings is 1. The Kier molecular flexibility index (Phi) is 3.45. The lowest BCUT2D eigenvalue weighted by Crippen LogP contribution is -2.47. The normalized spacial score (nSPS) is 26.4. The molecule has 114 valence electrons. The van der Waals surface area contributed by atoms with Gasteiger partial charge in [-0.2, -0.15) is 15.8 Å². The van der Waals surface area contributed by atoms with Crippen molar-refractivity contribution in [1.82, 2.24) is 4.90 Å². The molecule has 0 aromatic carbocycles. The van der Waals surface area contributed by atoms with Crippen LogP contribution in [0, 0.1) is 45.3 Å². The summed E-state index contributed by atoms with van der Waals surface area (Å²) in [6, 6.07) is 8.02. The van der Waals surface area contributed by atoms with Crippen LogP contribution in [0.1, 0.15) is 11.5 Å². The number of fused-ring (bicyclic) bond motifs is 1. The van der Waals surface area contributed by atoms with E-state index in [-0.39, 0.29) is 17.2 Å². The summed E-state index contributed by atoms with van der Waals surface area (Å²) in [5.41, 5.74) is 6.47. The first-order valence-corrected chi connectivity index (χ1v) is 7.23. The fraction of sp³-hybridized carbons (Fsp3) is 0.353. The Hall–Kier alpha value is -3.01. The summed E-state index contributed by atoms with van der Waals surface area (Å²) < 4.78 is 5.17. The molecule has 1 aromatic rings. The lowest BCUT2D eigenvalue weighted by molar-refractivity contribution is 0.237. The smallest absolute Gasteiger partial charge is 0.191 e. The highest BCUT2D eigenvalue weighted by Crippen LogP contribution is 2.53. The quantitative estimate of drug-likeness (QED) is 0.843. The van der Waals surface area contributed by atoms with Crippen LogP contribution in [0.3, 0.4) is 0 Å². The molecule has 2 aliphatic rings. The van der Waals surface area contributed by atoms with E-state index in [1.54, 1.807) is 12.3 Å². The van der Waals surface area contributed by atoms with Crippen LogP contribution in [0.25, 0.3) is 0 Å². The van der Waals surface area contributed by atoms with E-state index in [0.29, 0.717) is 13.1 Å². The molecule has 0 saturated heterocycles. The zero-order valence-electron chi connectivity index (χ0n) is 12.7. The molecule has 2 N–H and O–H groups in total. The summed E-state index contributed by atoms with van der Waals surface area (Å²) >= 11 is 0. The van der Waals surface area contributed by atoms with E-state index in [1.807, 2.05) is 13.1 Å². The predicted octanol–water partition coefficient (Wildman–Crippen LogP) is 1.63. The van der Waals surface area contributed by atoms with Crippen LogP contribution in [-0.4, -0.2) is 25.0 Å². The molecule has 2 heterocycles. The first-order chi connectivity index (χ1) is 11.1. The molecule has 6 heteroatoms. The third kappa shape index (κ3) is 1.95. The minimum Gasteiger partial charge on any atom is -0.472 e. The van der Waals surface area contributed by atoms with Crippen molar-refractivity contribution in [2.24, 2.45) is 17.1 Å². The maximum absolute atomic E-state index is 9.79. The number of nitrogens with two attached hydrogens (primary N) is 1. The second-order valence-corrected chi connectivity index (χ2v) is 5.95. The van der Waals surface area contributed by atoms with Gasteiger partial charge in [0.1, 0.15) is 6.07 Å². The third-order valence-corrected chi connectivity index (χ3v) is 4.75. The molecule has 0 fully saturated rings. The lowest BCUT2D eigenvalue weighted by Gasteiger charge is -2.44. The van der Waals surface area contributed by atoms with Crippen LogP contribution < -0.4 is 5.73 Å². The summed E-state index contributed by atoms with van der Waals surface area (Å²) in [5, 5.41) is 29.1. The molecule has 0 unspecified atom stereocenters. The van der Waals surface area contributed by atoms with Crippen LogP contribution in [0.4, 0.5) is 0 Å². The fourth-order valence-corrected chi connectivity index (χ4v) is 3.65. The number of nitrogens with zero attached hydrogens (tertiary/aromatic N) is 4. The first-order valence-electron chi connectivity index (χ1n) is 7.23. The first kappa shape index (κ1) is 14.9. The van der Waals surface area contributed by atoms with E-state index < -0.39 is 11.3 Å². The van der Waals surface area contributed by atoms with Crippen molar-refractivity contribution in [1.29, 1.82) is 15.8 Å². The summed E-state index contributed by atoms with van der Waals surface area (Å²) in [7, 11) is 1.97. The monoisotopic (exact) mass is 305 g/mol. The van der Waals surface area contributed by atoms with Gasteiger partial charge in [-0.1, -0.05) is 6.08 Å². The number of rotatable bonds is 1. The van der Waals surface area contributed by atoms with Gasteiger partial charge in [0.15, 0.2) is 5.41 Å². The Morgan fingerprint density at radius 2 is 2.09 bits per heavy atom. The zero-order chi connectivity index (χ0) is 16.6. The predicted molar refractivity (Wildman–Crippen MR) is 81.0 cm³/mol. The highest BCUT2D eigenvalue weighted by molar-refractivity contribution is 5.59. The van der Waals surface area contributed by atoms with Gasteiger partial charge in [-0.15, -0.1) is 0 Å². The maximum Gasteiger partial charge on any atom is 0.191 e. The molecule has 0 spiro atoms. The summed E-state index contributed by atoms with van der Waals surface area (Å²) in [5.74, 6) is -0.630. The van der Waals surface area contributed by atoms with Gasteiger partial charge in [0.2, 0.25) is 0 Å². The van der Waals surface area contributed by atoms with Crippen LogP contribution in [0.2, 0.25) is 0 Å². The van der Waals surface area contributed by atoms with E-state index in [1.165, 1.54) is 6.26 Å². The Labute approximate surface area is 134 Å². The Balaban J connectivity index is 2.33. The summed E-state index contributed by atoms with van der Waals surface area (Å²) in [6.07, 6.45) is 5.03. The molecular weight excluding hydrogens is 290 g/mol. The van der Waals surface area contributed by atoms with Gasteiger partial charge in [-0.25, -0.2) is 0 Å². The van der Waals surface area contributed by atoms with Gasteiger partial charge in [-0.05, 0) is 24.3 Å². The maximum atomic E-state index is 9.79. The van der Waals surface area contributed by atoms with Crippen molar-refractivity contribution in [3.05, 3.63) is 47.1 Å². The van der Waals surface area contributed by atoms with Crippen LogP contribution >= 0.6 is 0 Å². The second kappa shape index (κ2) is 5.32. The van der Waals surface area contributed by atoms with Crippen molar-refractivity contribution in [3.63, 3.8) is 0 Å². The molecule has 1 aliphatic carbocycles. The van der Waals surface area contributed by atoms with Gasteiger partial charge in [0.25, 0.3) is 0 Å². The molecule has 1 aliphatic heterocycles. The Morgan fingerprint density at radius 1 is 1.35 bits per heavy atom. The summed E-state index contributed by atoms with van der Waals surface area (Å²) in [6.45, 7) is 1.35. The molecule has 2 atom stereocenters. The van der Waals surface area contributed by atoms with Gasteiger partial charge < -0.3 is 15.1 Å². The van der Waals surface area contributed by atoms with Crippen molar-refractivity contribution >= 4 is 0 Å². The van der Waals surface area contributed by atoms with Gasteiger partial charge >= 0.3 is 0 Å². The average Bonchev–Trinajstić information content (AvgIpc) is 3.08. The van der Waals surface area contributed by atoms with Gasteiger partial charge in [-0.3, -0.25) is 0 Å². The number of hydrogen-bond donors (Lipinski definition) is 1. The molecule has 6 nitrogen and oxygen atoms in total. The highest BCUT2D eigenvalue weighted by atomic mass is 16.3. The van der Waals surface area contributed by atoms with Crippen molar-refractivity contribution in [2.45, 2.75) is 5.92 Å². The molecule has 23 heavy (non-hydrogen) atoms. The van der Waals surface area contributed by atoms with Gasteiger partial charge in [0, 0.05) is 24.9 Å². The number of nitriles is 3. The van der Waals surface area contributed by atoms with E-state index in [2.05, 4.69) is 23.1 Å². The standard InChI is InChI=1S/C17H15N5O/c1-22-4-2-12-13(6-18)16(21)17(9-19,10-20)15(14(12)7-22)11-3-5-23-8-11/h2-3,5,8,14-15H,4,7,21H2,1H3/t14-,15+/m1/s1. The molecule has 3 rings (SSSR count). The minimum atomic E-state index is -1.57. The van der Waals surface area contributed by atoms with Crippen LogP contribution in [0.15, 0.2) is 45.9 Å². The van der Waals surface area contributed by atoms with E-state index in [4.69, 9.17) is 10.2 Å². The number of hydrogen-bond acceptors (Lipinski definition) is 6. The van der Waals surface area contributed by atoms with Crippen LogP contribution in [-0.2, 0) is 0 Å². The van der Waals surface area contributed by atoms with Crippen molar-refractivity contribution in [2.75, 3.05) is 20.1 Å². The third-order valence-electron chi connectivity index (χ3n) is 4.75. The molecule has 0 saturated carbocycles. The van der Waals surface area contributed by atoms with E-state index in [9.17, 15) is 15.8 Å².